The average Bonchev–Trinajstić information content (AvgIpc) is 2.98. The average molecular weight is 278 g/mol. The van der Waals surface area contributed by atoms with Gasteiger partial charge in [0.25, 0.3) is 0 Å². The number of rotatable bonds is 3. The van der Waals surface area contributed by atoms with E-state index in [0.29, 0.717) is 0 Å². The molecule has 0 saturated heterocycles. The Morgan fingerprint density at radius 3 is 2.89 bits per heavy atom. The van der Waals surface area contributed by atoms with Crippen molar-refractivity contribution in [3.63, 3.8) is 0 Å². The van der Waals surface area contributed by atoms with Crippen LogP contribution in [0.25, 0.3) is 10.9 Å². The molecule has 1 N–H and O–H groups in total. The number of hydrogen-bond acceptors (Lipinski definition) is 2. The molecule has 2 nitrogen and oxygen atoms in total. The number of benzene rings is 1. The van der Waals surface area contributed by atoms with E-state index in [1.807, 2.05) is 24.4 Å². The first kappa shape index (κ1) is 11.8. The van der Waals surface area contributed by atoms with Crippen LogP contribution in [-0.2, 0) is 13.2 Å². The van der Waals surface area contributed by atoms with Crippen LogP contribution in [0.15, 0.2) is 41.2 Å². The summed E-state index contributed by atoms with van der Waals surface area (Å²) in [6.45, 7) is 0.856. The summed E-state index contributed by atoms with van der Waals surface area (Å²) in [6, 6.07) is 7.88. The van der Waals surface area contributed by atoms with E-state index in [9.17, 15) is 5.11 Å². The maximum Gasteiger partial charge on any atom is 0.0702 e. The number of aromatic nitrogens is 1. The highest BCUT2D eigenvalue weighted by molar-refractivity contribution is 7.07. The lowest BCUT2D eigenvalue weighted by Gasteiger charge is -2.03. The van der Waals surface area contributed by atoms with Crippen LogP contribution in [0.2, 0.25) is 5.02 Å². The summed E-state index contributed by atoms with van der Waals surface area (Å²) in [4.78, 5) is 0. The van der Waals surface area contributed by atoms with Crippen LogP contribution in [0.1, 0.15) is 11.1 Å². The number of aliphatic hydroxyl groups is 1. The van der Waals surface area contributed by atoms with Gasteiger partial charge in [0.1, 0.15) is 0 Å². The smallest absolute Gasteiger partial charge is 0.0702 e. The Morgan fingerprint density at radius 2 is 2.17 bits per heavy atom. The largest absolute Gasteiger partial charge is 0.392 e. The van der Waals surface area contributed by atoms with E-state index in [1.54, 1.807) is 11.3 Å². The van der Waals surface area contributed by atoms with Crippen molar-refractivity contribution < 1.29 is 5.11 Å². The molecule has 0 bridgehead atoms. The van der Waals surface area contributed by atoms with E-state index in [-0.39, 0.29) is 6.61 Å². The minimum atomic E-state index is 0.0504. The van der Waals surface area contributed by atoms with Crippen LogP contribution in [0.3, 0.4) is 0 Å². The standard InChI is InChI=1S/C14H12ClNOS/c15-12-1-2-13-11(8-17)7-16(14(13)5-12)6-10-3-4-18-9-10/h1-5,7,9,17H,6,8H2. The molecule has 18 heavy (non-hydrogen) atoms. The second-order valence-corrected chi connectivity index (χ2v) is 5.45. The number of thiophene rings is 1. The minimum Gasteiger partial charge on any atom is -0.392 e. The molecular weight excluding hydrogens is 266 g/mol. The zero-order chi connectivity index (χ0) is 12.5. The Kier molecular flexibility index (Phi) is 3.12. The summed E-state index contributed by atoms with van der Waals surface area (Å²) in [7, 11) is 0. The fourth-order valence-electron chi connectivity index (χ4n) is 2.18. The Balaban J connectivity index is 2.13. The highest BCUT2D eigenvalue weighted by Gasteiger charge is 2.08. The summed E-state index contributed by atoms with van der Waals surface area (Å²) in [5.41, 5.74) is 3.27. The van der Waals surface area contributed by atoms with Crippen molar-refractivity contribution >= 4 is 33.8 Å². The van der Waals surface area contributed by atoms with Gasteiger partial charge in [-0.15, -0.1) is 0 Å². The molecule has 0 aliphatic heterocycles. The molecule has 0 amide bonds. The maximum absolute atomic E-state index is 9.40. The van der Waals surface area contributed by atoms with Crippen LogP contribution in [0, 0.1) is 0 Å². The zero-order valence-electron chi connectivity index (χ0n) is 9.64. The van der Waals surface area contributed by atoms with Crippen LogP contribution in [-0.4, -0.2) is 9.67 Å². The Labute approximate surface area is 114 Å². The molecular formula is C14H12ClNOS. The van der Waals surface area contributed by atoms with Gasteiger partial charge in [0.2, 0.25) is 0 Å². The summed E-state index contributed by atoms with van der Waals surface area (Å²) in [5, 5.41) is 15.4. The fraction of sp³-hybridized carbons (Fsp3) is 0.143. The molecule has 0 unspecified atom stereocenters. The molecule has 0 fully saturated rings. The van der Waals surface area contributed by atoms with Gasteiger partial charge in [-0.1, -0.05) is 17.7 Å². The molecule has 0 saturated carbocycles. The number of hydrogen-bond donors (Lipinski definition) is 1. The third-order valence-corrected chi connectivity index (χ3v) is 4.00. The highest BCUT2D eigenvalue weighted by atomic mass is 35.5. The van der Waals surface area contributed by atoms with Gasteiger partial charge >= 0.3 is 0 Å². The van der Waals surface area contributed by atoms with Crippen molar-refractivity contribution in [1.82, 2.24) is 4.57 Å². The summed E-state index contributed by atoms with van der Waals surface area (Å²) >= 11 is 7.74. The number of halogens is 1. The fourth-order valence-corrected chi connectivity index (χ4v) is 3.00. The van der Waals surface area contributed by atoms with Gasteiger partial charge in [-0.3, -0.25) is 0 Å². The lowest BCUT2D eigenvalue weighted by atomic mass is 10.2. The lowest BCUT2D eigenvalue weighted by Crippen LogP contribution is -1.96. The van der Waals surface area contributed by atoms with Crippen LogP contribution in [0.4, 0.5) is 0 Å². The molecule has 1 aromatic carbocycles. The van der Waals surface area contributed by atoms with Crippen molar-refractivity contribution in [1.29, 1.82) is 0 Å². The minimum absolute atomic E-state index is 0.0504. The third-order valence-electron chi connectivity index (χ3n) is 3.03. The molecule has 92 valence electrons. The van der Waals surface area contributed by atoms with Gasteiger partial charge in [0.05, 0.1) is 12.1 Å². The van der Waals surface area contributed by atoms with Gasteiger partial charge in [0, 0.05) is 28.7 Å². The van der Waals surface area contributed by atoms with E-state index >= 15 is 0 Å². The van der Waals surface area contributed by atoms with E-state index in [0.717, 1.165) is 28.0 Å². The Morgan fingerprint density at radius 1 is 1.28 bits per heavy atom. The second-order valence-electron chi connectivity index (χ2n) is 4.23. The second kappa shape index (κ2) is 4.76. The summed E-state index contributed by atoms with van der Waals surface area (Å²) in [6.07, 6.45) is 2.00. The summed E-state index contributed by atoms with van der Waals surface area (Å²) < 4.78 is 2.13. The molecule has 0 spiro atoms. The highest BCUT2D eigenvalue weighted by Crippen LogP contribution is 2.26. The Bertz CT molecular complexity index is 672. The molecule has 0 aliphatic carbocycles. The van der Waals surface area contributed by atoms with Crippen LogP contribution in [0.5, 0.6) is 0 Å². The monoisotopic (exact) mass is 277 g/mol. The quantitative estimate of drug-likeness (QED) is 0.772. The van der Waals surface area contributed by atoms with E-state index in [4.69, 9.17) is 11.6 Å². The third kappa shape index (κ3) is 2.05. The van der Waals surface area contributed by atoms with Gasteiger partial charge in [0.15, 0.2) is 0 Å². The molecule has 3 rings (SSSR count). The number of aliphatic hydroxyl groups excluding tert-OH is 1. The molecule has 0 atom stereocenters. The van der Waals surface area contributed by atoms with Gasteiger partial charge in [-0.05, 0) is 34.5 Å². The van der Waals surface area contributed by atoms with Crippen molar-refractivity contribution in [3.8, 4) is 0 Å². The topological polar surface area (TPSA) is 25.2 Å². The SMILES string of the molecule is OCc1cn(Cc2ccsc2)c2cc(Cl)ccc12. The van der Waals surface area contributed by atoms with Crippen molar-refractivity contribution in [2.24, 2.45) is 0 Å². The molecule has 2 aromatic heterocycles. The molecule has 0 radical (unpaired) electrons. The Hall–Kier alpha value is -1.29. The zero-order valence-corrected chi connectivity index (χ0v) is 11.2. The van der Waals surface area contributed by atoms with Gasteiger partial charge in [-0.2, -0.15) is 11.3 Å². The molecule has 3 aromatic rings. The predicted molar refractivity (Wildman–Crippen MR) is 76.3 cm³/mol. The van der Waals surface area contributed by atoms with E-state index in [1.165, 1.54) is 5.56 Å². The predicted octanol–water partition coefficient (Wildman–Crippen LogP) is 3.90. The van der Waals surface area contributed by atoms with Crippen LogP contribution >= 0.6 is 22.9 Å². The van der Waals surface area contributed by atoms with Crippen LogP contribution < -0.4 is 0 Å². The molecule has 0 aliphatic rings. The van der Waals surface area contributed by atoms with E-state index < -0.39 is 0 Å². The van der Waals surface area contributed by atoms with Crippen molar-refractivity contribution in [2.45, 2.75) is 13.2 Å². The van der Waals surface area contributed by atoms with Gasteiger partial charge < -0.3 is 9.67 Å². The first-order chi connectivity index (χ1) is 8.78. The van der Waals surface area contributed by atoms with Crippen molar-refractivity contribution in [3.05, 3.63) is 57.4 Å². The number of fused-ring (bicyclic) bond motifs is 1. The first-order valence-electron chi connectivity index (χ1n) is 5.67. The van der Waals surface area contributed by atoms with Crippen molar-refractivity contribution in [2.75, 3.05) is 0 Å². The maximum atomic E-state index is 9.40. The van der Waals surface area contributed by atoms with E-state index in [2.05, 4.69) is 21.4 Å². The molecule has 4 heteroatoms. The normalized spacial score (nSPS) is 11.2. The lowest BCUT2D eigenvalue weighted by molar-refractivity contribution is 0.283. The molecule has 2 heterocycles. The summed E-state index contributed by atoms with van der Waals surface area (Å²) in [5.74, 6) is 0. The number of nitrogens with zero attached hydrogens (tertiary/aromatic N) is 1. The first-order valence-corrected chi connectivity index (χ1v) is 6.99. The van der Waals surface area contributed by atoms with Gasteiger partial charge in [-0.25, -0.2) is 0 Å².